The molecule has 0 aliphatic heterocycles. The fraction of sp³-hybridized carbons (Fsp3) is 0.364. The molecule has 0 spiro atoms. The van der Waals surface area contributed by atoms with Gasteiger partial charge in [0.15, 0.2) is 0 Å². The molecule has 1 unspecified atom stereocenters. The SMILES string of the molecule is CC(N)C(=O)N[C@@H](C)c1ccc(Cl)cc1. The normalized spacial score (nSPS) is 14.4. The van der Waals surface area contributed by atoms with Crippen molar-refractivity contribution in [2.45, 2.75) is 25.9 Å². The van der Waals surface area contributed by atoms with Gasteiger partial charge in [0.25, 0.3) is 0 Å². The quantitative estimate of drug-likeness (QED) is 0.827. The zero-order valence-electron chi connectivity index (χ0n) is 8.83. The van der Waals surface area contributed by atoms with E-state index in [1.165, 1.54) is 0 Å². The van der Waals surface area contributed by atoms with E-state index in [1.807, 2.05) is 19.1 Å². The van der Waals surface area contributed by atoms with Crippen LogP contribution < -0.4 is 11.1 Å². The molecule has 4 heteroatoms. The van der Waals surface area contributed by atoms with Gasteiger partial charge in [0.1, 0.15) is 0 Å². The zero-order chi connectivity index (χ0) is 11.4. The van der Waals surface area contributed by atoms with E-state index in [9.17, 15) is 4.79 Å². The van der Waals surface area contributed by atoms with Crippen molar-refractivity contribution < 1.29 is 4.79 Å². The molecule has 2 atom stereocenters. The summed E-state index contributed by atoms with van der Waals surface area (Å²) in [7, 11) is 0. The number of rotatable bonds is 3. The fourth-order valence-electron chi connectivity index (χ4n) is 1.18. The monoisotopic (exact) mass is 226 g/mol. The fourth-order valence-corrected chi connectivity index (χ4v) is 1.31. The maximum Gasteiger partial charge on any atom is 0.237 e. The molecule has 0 saturated carbocycles. The van der Waals surface area contributed by atoms with Gasteiger partial charge in [-0.1, -0.05) is 23.7 Å². The van der Waals surface area contributed by atoms with Crippen LogP contribution in [-0.4, -0.2) is 11.9 Å². The zero-order valence-corrected chi connectivity index (χ0v) is 9.58. The van der Waals surface area contributed by atoms with Crippen molar-refractivity contribution in [1.82, 2.24) is 5.32 Å². The predicted molar refractivity (Wildman–Crippen MR) is 61.7 cm³/mol. The lowest BCUT2D eigenvalue weighted by molar-refractivity contribution is -0.122. The molecular weight excluding hydrogens is 212 g/mol. The third-order valence-corrected chi connectivity index (χ3v) is 2.39. The Bertz CT molecular complexity index is 335. The number of nitrogens with one attached hydrogen (secondary N) is 1. The first-order valence-electron chi connectivity index (χ1n) is 4.82. The number of hydrogen-bond donors (Lipinski definition) is 2. The summed E-state index contributed by atoms with van der Waals surface area (Å²) in [6.07, 6.45) is 0. The molecule has 1 aromatic rings. The van der Waals surface area contributed by atoms with E-state index in [4.69, 9.17) is 17.3 Å². The van der Waals surface area contributed by atoms with Crippen molar-refractivity contribution in [2.75, 3.05) is 0 Å². The Labute approximate surface area is 94.6 Å². The van der Waals surface area contributed by atoms with Crippen LogP contribution in [0.15, 0.2) is 24.3 Å². The van der Waals surface area contributed by atoms with Crippen LogP contribution in [0.4, 0.5) is 0 Å². The van der Waals surface area contributed by atoms with Crippen molar-refractivity contribution >= 4 is 17.5 Å². The average Bonchev–Trinajstić information content (AvgIpc) is 2.18. The number of carbonyl (C=O) groups is 1. The Morgan fingerprint density at radius 3 is 2.33 bits per heavy atom. The largest absolute Gasteiger partial charge is 0.348 e. The van der Waals surface area contributed by atoms with Crippen LogP contribution in [-0.2, 0) is 4.79 Å². The van der Waals surface area contributed by atoms with Gasteiger partial charge in [0, 0.05) is 5.02 Å². The van der Waals surface area contributed by atoms with Crippen LogP contribution in [0, 0.1) is 0 Å². The predicted octanol–water partition coefficient (Wildman–Crippen LogP) is 1.86. The molecule has 0 heterocycles. The molecule has 1 rings (SSSR count). The van der Waals surface area contributed by atoms with Gasteiger partial charge in [0.2, 0.25) is 5.91 Å². The van der Waals surface area contributed by atoms with Gasteiger partial charge in [-0.15, -0.1) is 0 Å². The van der Waals surface area contributed by atoms with Crippen LogP contribution in [0.2, 0.25) is 5.02 Å². The molecule has 0 aliphatic carbocycles. The van der Waals surface area contributed by atoms with Crippen LogP contribution in [0.25, 0.3) is 0 Å². The molecule has 0 bridgehead atoms. The summed E-state index contributed by atoms with van der Waals surface area (Å²) in [6.45, 7) is 3.56. The maximum absolute atomic E-state index is 11.3. The number of carbonyl (C=O) groups excluding carboxylic acids is 1. The van der Waals surface area contributed by atoms with Crippen molar-refractivity contribution in [3.05, 3.63) is 34.9 Å². The van der Waals surface area contributed by atoms with E-state index in [0.717, 1.165) is 5.56 Å². The van der Waals surface area contributed by atoms with Gasteiger partial charge >= 0.3 is 0 Å². The van der Waals surface area contributed by atoms with Gasteiger partial charge in [-0.05, 0) is 31.5 Å². The van der Waals surface area contributed by atoms with Crippen LogP contribution in [0.1, 0.15) is 25.5 Å². The van der Waals surface area contributed by atoms with Crippen LogP contribution >= 0.6 is 11.6 Å². The summed E-state index contributed by atoms with van der Waals surface area (Å²) in [5.41, 5.74) is 6.46. The molecule has 0 aliphatic rings. The van der Waals surface area contributed by atoms with E-state index >= 15 is 0 Å². The Morgan fingerprint density at radius 1 is 1.33 bits per heavy atom. The number of nitrogens with two attached hydrogens (primary N) is 1. The smallest absolute Gasteiger partial charge is 0.237 e. The van der Waals surface area contributed by atoms with Crippen molar-refractivity contribution in [3.8, 4) is 0 Å². The molecule has 1 aromatic carbocycles. The van der Waals surface area contributed by atoms with E-state index in [-0.39, 0.29) is 11.9 Å². The second kappa shape index (κ2) is 5.14. The number of amides is 1. The van der Waals surface area contributed by atoms with E-state index in [1.54, 1.807) is 19.1 Å². The maximum atomic E-state index is 11.3. The summed E-state index contributed by atoms with van der Waals surface area (Å²) in [4.78, 5) is 11.3. The highest BCUT2D eigenvalue weighted by Gasteiger charge is 2.12. The molecule has 82 valence electrons. The Kier molecular flexibility index (Phi) is 4.12. The summed E-state index contributed by atoms with van der Waals surface area (Å²) < 4.78 is 0. The molecule has 15 heavy (non-hydrogen) atoms. The molecule has 0 saturated heterocycles. The minimum Gasteiger partial charge on any atom is -0.348 e. The van der Waals surface area contributed by atoms with Crippen molar-refractivity contribution in [2.24, 2.45) is 5.73 Å². The molecule has 3 N–H and O–H groups in total. The highest BCUT2D eigenvalue weighted by molar-refractivity contribution is 6.30. The first kappa shape index (κ1) is 12.0. The first-order chi connectivity index (χ1) is 7.00. The molecular formula is C11H15ClN2O. The summed E-state index contributed by atoms with van der Waals surface area (Å²) >= 11 is 5.77. The molecule has 3 nitrogen and oxygen atoms in total. The standard InChI is InChI=1S/C11H15ClN2O/c1-7(13)11(15)14-8(2)9-3-5-10(12)6-4-9/h3-8H,13H2,1-2H3,(H,14,15)/t7?,8-/m0/s1. The van der Waals surface area contributed by atoms with Gasteiger partial charge in [0.05, 0.1) is 12.1 Å². The van der Waals surface area contributed by atoms with Gasteiger partial charge in [-0.25, -0.2) is 0 Å². The highest BCUT2D eigenvalue weighted by Crippen LogP contribution is 2.15. The summed E-state index contributed by atoms with van der Waals surface area (Å²) in [6, 6.07) is 6.82. The third-order valence-electron chi connectivity index (χ3n) is 2.14. The Balaban J connectivity index is 2.65. The highest BCUT2D eigenvalue weighted by atomic mass is 35.5. The second-order valence-corrected chi connectivity index (χ2v) is 4.01. The number of hydrogen-bond acceptors (Lipinski definition) is 2. The van der Waals surface area contributed by atoms with E-state index in [0.29, 0.717) is 5.02 Å². The Hall–Kier alpha value is -1.06. The number of benzene rings is 1. The molecule has 1 amide bonds. The molecule has 0 fully saturated rings. The van der Waals surface area contributed by atoms with Gasteiger partial charge < -0.3 is 11.1 Å². The van der Waals surface area contributed by atoms with Crippen molar-refractivity contribution in [1.29, 1.82) is 0 Å². The minimum absolute atomic E-state index is 0.0548. The topological polar surface area (TPSA) is 55.1 Å². The second-order valence-electron chi connectivity index (χ2n) is 3.57. The first-order valence-corrected chi connectivity index (χ1v) is 5.20. The third kappa shape index (κ3) is 3.53. The van der Waals surface area contributed by atoms with Gasteiger partial charge in [-0.2, -0.15) is 0 Å². The van der Waals surface area contributed by atoms with Crippen molar-refractivity contribution in [3.63, 3.8) is 0 Å². The lowest BCUT2D eigenvalue weighted by Crippen LogP contribution is -2.39. The molecule has 0 radical (unpaired) electrons. The van der Waals surface area contributed by atoms with E-state index in [2.05, 4.69) is 5.32 Å². The molecule has 0 aromatic heterocycles. The Morgan fingerprint density at radius 2 is 1.87 bits per heavy atom. The summed E-state index contributed by atoms with van der Waals surface area (Å²) in [5, 5.41) is 3.49. The lowest BCUT2D eigenvalue weighted by atomic mass is 10.1. The average molecular weight is 227 g/mol. The lowest BCUT2D eigenvalue weighted by Gasteiger charge is -2.15. The minimum atomic E-state index is -0.486. The van der Waals surface area contributed by atoms with Crippen LogP contribution in [0.3, 0.4) is 0 Å². The van der Waals surface area contributed by atoms with Gasteiger partial charge in [-0.3, -0.25) is 4.79 Å². The summed E-state index contributed by atoms with van der Waals surface area (Å²) in [5.74, 6) is -0.155. The van der Waals surface area contributed by atoms with E-state index < -0.39 is 6.04 Å². The van der Waals surface area contributed by atoms with Crippen LogP contribution in [0.5, 0.6) is 0 Å². The number of halogens is 1.